The zero-order valence-electron chi connectivity index (χ0n) is 10.5. The molecule has 1 saturated heterocycles. The molecule has 0 saturated carbocycles. The fourth-order valence-electron chi connectivity index (χ4n) is 2.53. The van der Waals surface area contributed by atoms with Crippen LogP contribution in [0.1, 0.15) is 0 Å². The number of fused-ring (bicyclic) bond motifs is 1. The summed E-state index contributed by atoms with van der Waals surface area (Å²) in [6.45, 7) is 3.81. The number of aromatic nitrogens is 1. The van der Waals surface area contributed by atoms with Crippen LogP contribution in [0.2, 0.25) is 0 Å². The summed E-state index contributed by atoms with van der Waals surface area (Å²) >= 11 is 3.51. The van der Waals surface area contributed by atoms with Gasteiger partial charge in [-0.25, -0.2) is 0 Å². The van der Waals surface area contributed by atoms with Gasteiger partial charge in [0.25, 0.3) is 0 Å². The number of rotatable bonds is 2. The van der Waals surface area contributed by atoms with Gasteiger partial charge in [0.05, 0.1) is 19.3 Å². The Morgan fingerprint density at radius 2 is 2.28 bits per heavy atom. The van der Waals surface area contributed by atoms with E-state index in [0.29, 0.717) is 6.10 Å². The number of hydrogen-bond donors (Lipinski definition) is 0. The number of benzene rings is 1. The molecule has 2 heterocycles. The molecule has 0 spiro atoms. The Labute approximate surface area is 115 Å². The highest BCUT2D eigenvalue weighted by Gasteiger charge is 2.18. The van der Waals surface area contributed by atoms with E-state index in [9.17, 15) is 0 Å². The molecule has 2 aromatic rings. The normalized spacial score (nSPS) is 21.6. The third-order valence-corrected chi connectivity index (χ3v) is 3.97. The fourth-order valence-corrected chi connectivity index (χ4v) is 2.91. The largest absolute Gasteiger partial charge is 0.374 e. The van der Waals surface area contributed by atoms with Crippen LogP contribution in [0.15, 0.2) is 34.9 Å². The standard InChI is InChI=1S/C14H17BrN2O/c1-16-6-7-18-13(9-16)10-17-5-4-11-8-12(15)2-3-14(11)17/h2-5,8,13H,6-7,9-10H2,1H3. The Morgan fingerprint density at radius 3 is 3.11 bits per heavy atom. The first-order valence-electron chi connectivity index (χ1n) is 6.27. The van der Waals surface area contributed by atoms with Crippen molar-refractivity contribution in [1.29, 1.82) is 0 Å². The second kappa shape index (κ2) is 5.03. The van der Waals surface area contributed by atoms with Gasteiger partial charge in [-0.3, -0.25) is 0 Å². The van der Waals surface area contributed by atoms with Crippen molar-refractivity contribution in [3.8, 4) is 0 Å². The quantitative estimate of drug-likeness (QED) is 0.849. The molecule has 96 valence electrons. The van der Waals surface area contributed by atoms with Gasteiger partial charge in [0.2, 0.25) is 0 Å². The first-order valence-corrected chi connectivity index (χ1v) is 7.06. The molecule has 1 atom stereocenters. The molecular formula is C14H17BrN2O. The van der Waals surface area contributed by atoms with Crippen LogP contribution >= 0.6 is 15.9 Å². The summed E-state index contributed by atoms with van der Waals surface area (Å²) in [5.74, 6) is 0. The fraction of sp³-hybridized carbons (Fsp3) is 0.429. The third-order valence-electron chi connectivity index (χ3n) is 3.48. The first-order chi connectivity index (χ1) is 8.72. The Balaban J connectivity index is 1.82. The lowest BCUT2D eigenvalue weighted by Gasteiger charge is -2.30. The SMILES string of the molecule is CN1CCOC(Cn2ccc3cc(Br)ccc32)C1. The van der Waals surface area contributed by atoms with E-state index in [1.807, 2.05) is 0 Å². The van der Waals surface area contributed by atoms with Crippen LogP contribution in [0, 0.1) is 0 Å². The van der Waals surface area contributed by atoms with Gasteiger partial charge in [-0.2, -0.15) is 0 Å². The number of likely N-dealkylation sites (N-methyl/N-ethyl adjacent to an activating group) is 1. The van der Waals surface area contributed by atoms with E-state index in [1.54, 1.807) is 0 Å². The van der Waals surface area contributed by atoms with Crippen molar-refractivity contribution in [2.24, 2.45) is 0 Å². The summed E-state index contributed by atoms with van der Waals surface area (Å²) in [5, 5.41) is 1.27. The lowest BCUT2D eigenvalue weighted by molar-refractivity contribution is -0.0269. The van der Waals surface area contributed by atoms with E-state index >= 15 is 0 Å². The minimum atomic E-state index is 0.294. The zero-order chi connectivity index (χ0) is 12.5. The van der Waals surface area contributed by atoms with Crippen LogP contribution in [0.5, 0.6) is 0 Å². The van der Waals surface area contributed by atoms with Crippen molar-refractivity contribution in [1.82, 2.24) is 9.47 Å². The van der Waals surface area contributed by atoms with Crippen molar-refractivity contribution in [2.45, 2.75) is 12.6 Å². The minimum Gasteiger partial charge on any atom is -0.374 e. The van der Waals surface area contributed by atoms with Crippen LogP contribution in [-0.4, -0.2) is 42.3 Å². The molecule has 0 aliphatic carbocycles. The van der Waals surface area contributed by atoms with Crippen molar-refractivity contribution in [3.05, 3.63) is 34.9 Å². The average Bonchev–Trinajstić information content (AvgIpc) is 2.72. The van der Waals surface area contributed by atoms with Gasteiger partial charge in [0.1, 0.15) is 0 Å². The summed E-state index contributed by atoms with van der Waals surface area (Å²) < 4.78 is 9.23. The molecule has 0 bridgehead atoms. The predicted molar refractivity (Wildman–Crippen MR) is 76.9 cm³/mol. The van der Waals surface area contributed by atoms with E-state index in [-0.39, 0.29) is 0 Å². The Kier molecular flexibility index (Phi) is 3.41. The second-order valence-electron chi connectivity index (χ2n) is 4.93. The number of halogens is 1. The topological polar surface area (TPSA) is 17.4 Å². The van der Waals surface area contributed by atoms with Crippen LogP contribution in [-0.2, 0) is 11.3 Å². The Bertz CT molecular complexity index is 552. The van der Waals surface area contributed by atoms with Crippen molar-refractivity contribution in [2.75, 3.05) is 26.7 Å². The molecule has 1 unspecified atom stereocenters. The third kappa shape index (κ3) is 2.46. The van der Waals surface area contributed by atoms with Crippen LogP contribution < -0.4 is 0 Å². The monoisotopic (exact) mass is 308 g/mol. The molecule has 1 aliphatic rings. The lowest BCUT2D eigenvalue weighted by Crippen LogP contribution is -2.41. The number of ether oxygens (including phenoxy) is 1. The van der Waals surface area contributed by atoms with E-state index in [0.717, 1.165) is 30.7 Å². The molecule has 3 nitrogen and oxygen atoms in total. The summed E-state index contributed by atoms with van der Waals surface area (Å²) in [7, 11) is 2.15. The maximum atomic E-state index is 5.82. The van der Waals surface area contributed by atoms with E-state index in [1.165, 1.54) is 10.9 Å². The van der Waals surface area contributed by atoms with E-state index in [4.69, 9.17) is 4.74 Å². The van der Waals surface area contributed by atoms with Crippen LogP contribution in [0.25, 0.3) is 10.9 Å². The number of morpholine rings is 1. The summed E-state index contributed by atoms with van der Waals surface area (Å²) in [6, 6.07) is 8.56. The van der Waals surface area contributed by atoms with E-state index in [2.05, 4.69) is 62.9 Å². The zero-order valence-corrected chi connectivity index (χ0v) is 12.1. The molecule has 1 aliphatic heterocycles. The van der Waals surface area contributed by atoms with Gasteiger partial charge < -0.3 is 14.2 Å². The molecule has 18 heavy (non-hydrogen) atoms. The van der Waals surface area contributed by atoms with Crippen LogP contribution in [0.3, 0.4) is 0 Å². The number of nitrogens with zero attached hydrogens (tertiary/aromatic N) is 2. The summed E-state index contributed by atoms with van der Waals surface area (Å²) in [4.78, 5) is 2.33. The molecule has 4 heteroatoms. The highest BCUT2D eigenvalue weighted by atomic mass is 79.9. The maximum absolute atomic E-state index is 5.82. The van der Waals surface area contributed by atoms with Crippen molar-refractivity contribution in [3.63, 3.8) is 0 Å². The summed E-state index contributed by atoms with van der Waals surface area (Å²) in [6.07, 6.45) is 2.44. The van der Waals surface area contributed by atoms with Crippen molar-refractivity contribution >= 4 is 26.8 Å². The highest BCUT2D eigenvalue weighted by molar-refractivity contribution is 9.10. The van der Waals surface area contributed by atoms with Gasteiger partial charge >= 0.3 is 0 Å². The Hall–Kier alpha value is -0.840. The molecular weight excluding hydrogens is 292 g/mol. The molecule has 0 amide bonds. The molecule has 1 aromatic heterocycles. The van der Waals surface area contributed by atoms with Gasteiger partial charge in [-0.05, 0) is 31.3 Å². The smallest absolute Gasteiger partial charge is 0.0881 e. The second-order valence-corrected chi connectivity index (χ2v) is 5.84. The maximum Gasteiger partial charge on any atom is 0.0881 e. The molecule has 3 rings (SSSR count). The van der Waals surface area contributed by atoms with Crippen molar-refractivity contribution < 1.29 is 4.74 Å². The first kappa shape index (κ1) is 12.2. The summed E-state index contributed by atoms with van der Waals surface area (Å²) in [5.41, 5.74) is 1.27. The van der Waals surface area contributed by atoms with Gasteiger partial charge in [0, 0.05) is 34.7 Å². The highest BCUT2D eigenvalue weighted by Crippen LogP contribution is 2.21. The molecule has 0 radical (unpaired) electrons. The molecule has 0 N–H and O–H groups in total. The molecule has 1 fully saturated rings. The van der Waals surface area contributed by atoms with Gasteiger partial charge in [-0.15, -0.1) is 0 Å². The van der Waals surface area contributed by atoms with Gasteiger partial charge in [-0.1, -0.05) is 15.9 Å². The van der Waals surface area contributed by atoms with Crippen LogP contribution in [0.4, 0.5) is 0 Å². The Morgan fingerprint density at radius 1 is 1.39 bits per heavy atom. The number of hydrogen-bond acceptors (Lipinski definition) is 2. The predicted octanol–water partition coefficient (Wildman–Crippen LogP) is 2.73. The lowest BCUT2D eigenvalue weighted by atomic mass is 10.2. The van der Waals surface area contributed by atoms with E-state index < -0.39 is 0 Å². The van der Waals surface area contributed by atoms with Gasteiger partial charge in [0.15, 0.2) is 0 Å². The average molecular weight is 309 g/mol. The minimum absolute atomic E-state index is 0.294. The molecule has 1 aromatic carbocycles.